The van der Waals surface area contributed by atoms with Gasteiger partial charge in [-0.1, -0.05) is 48.6 Å². The first-order chi connectivity index (χ1) is 8.01. The minimum absolute atomic E-state index is 0.165. The Bertz CT molecular complexity index is 402. The van der Waals surface area contributed by atoms with Crippen molar-refractivity contribution in [3.63, 3.8) is 0 Å². The fraction of sp³-hybridized carbons (Fsp3) is 0.455. The topological polar surface area (TPSA) is 20.2 Å². The van der Waals surface area contributed by atoms with E-state index in [-0.39, 0.29) is 5.19 Å². The Morgan fingerprint density at radius 2 is 1.44 bits per heavy atom. The lowest BCUT2D eigenvalue weighted by molar-refractivity contribution is -0.250. The largest absolute Gasteiger partial charge is 0.419 e. The number of hydrogen-bond donors (Lipinski definition) is 1. The molecule has 0 bridgehead atoms. The van der Waals surface area contributed by atoms with Crippen LogP contribution in [0.15, 0.2) is 30.3 Å². The number of aliphatic hydroxyl groups excluding tert-OH is 1. The molecule has 0 spiro atoms. The van der Waals surface area contributed by atoms with E-state index in [4.69, 9.17) is 5.11 Å². The van der Waals surface area contributed by atoms with E-state index in [9.17, 15) is 22.0 Å². The Labute approximate surface area is 102 Å². The minimum atomic E-state index is -5.33. The summed E-state index contributed by atoms with van der Waals surface area (Å²) in [5, 5.41) is 9.04. The molecule has 0 heterocycles. The van der Waals surface area contributed by atoms with Gasteiger partial charge in [0.15, 0.2) is 8.07 Å². The highest BCUT2D eigenvalue weighted by Gasteiger charge is 2.63. The Kier molecular flexibility index (Phi) is 3.88. The highest BCUT2D eigenvalue weighted by Crippen LogP contribution is 2.38. The van der Waals surface area contributed by atoms with Crippen molar-refractivity contribution in [2.24, 2.45) is 0 Å². The summed E-state index contributed by atoms with van der Waals surface area (Å²) in [5.74, 6) is 0. The van der Waals surface area contributed by atoms with Crippen LogP contribution >= 0.6 is 0 Å². The van der Waals surface area contributed by atoms with Crippen molar-refractivity contribution in [3.05, 3.63) is 30.3 Å². The third kappa shape index (κ3) is 2.56. The zero-order chi connectivity index (χ0) is 14.2. The van der Waals surface area contributed by atoms with Crippen LogP contribution in [0.2, 0.25) is 13.1 Å². The van der Waals surface area contributed by atoms with Crippen molar-refractivity contribution in [1.29, 1.82) is 0 Å². The number of rotatable bonds is 3. The monoisotopic (exact) mass is 284 g/mol. The summed E-state index contributed by atoms with van der Waals surface area (Å²) in [7, 11) is -3.78. The molecule has 0 fully saturated rings. The van der Waals surface area contributed by atoms with Gasteiger partial charge >= 0.3 is 6.18 Å². The fourth-order valence-electron chi connectivity index (χ4n) is 1.59. The molecule has 1 unspecified atom stereocenters. The highest BCUT2D eigenvalue weighted by molar-refractivity contribution is 6.91. The molecule has 18 heavy (non-hydrogen) atoms. The standard InChI is InChI=1S/C11H13F5OSi/c1-18(2,8-6-4-3-5-7-8)11(15,16)9(17)10(12,13)14/h3-7,9,17H,1-2H3. The van der Waals surface area contributed by atoms with Crippen molar-refractivity contribution in [2.75, 3.05) is 0 Å². The number of aliphatic hydroxyl groups is 1. The smallest absolute Gasteiger partial charge is 0.379 e. The maximum Gasteiger partial charge on any atom is 0.419 e. The predicted octanol–water partition coefficient (Wildman–Crippen LogP) is 2.70. The summed E-state index contributed by atoms with van der Waals surface area (Å²) in [5.41, 5.74) is -4.19. The molecular weight excluding hydrogens is 271 g/mol. The second-order valence-corrected chi connectivity index (χ2v) is 9.05. The van der Waals surface area contributed by atoms with Crippen molar-refractivity contribution in [3.8, 4) is 0 Å². The molecule has 0 saturated heterocycles. The van der Waals surface area contributed by atoms with E-state index in [1.165, 1.54) is 24.3 Å². The Morgan fingerprint density at radius 3 is 1.83 bits per heavy atom. The van der Waals surface area contributed by atoms with Gasteiger partial charge in [0.1, 0.15) is 0 Å². The van der Waals surface area contributed by atoms with Crippen molar-refractivity contribution in [1.82, 2.24) is 0 Å². The molecule has 1 aromatic carbocycles. The Balaban J connectivity index is 3.19. The number of hydrogen-bond acceptors (Lipinski definition) is 1. The van der Waals surface area contributed by atoms with E-state index >= 15 is 0 Å². The van der Waals surface area contributed by atoms with Crippen molar-refractivity contribution in [2.45, 2.75) is 30.9 Å². The molecule has 102 valence electrons. The third-order valence-corrected chi connectivity index (χ3v) is 6.70. The first-order valence-electron chi connectivity index (χ1n) is 5.19. The molecule has 1 atom stereocenters. The number of halogens is 5. The van der Waals surface area contributed by atoms with Gasteiger partial charge in [0.05, 0.1) is 0 Å². The molecule has 1 aromatic rings. The summed E-state index contributed by atoms with van der Waals surface area (Å²) in [4.78, 5) is 0. The minimum Gasteiger partial charge on any atom is -0.379 e. The molecular formula is C11H13F5OSi. The molecule has 7 heteroatoms. The SMILES string of the molecule is C[Si](C)(c1ccccc1)C(F)(F)C(O)C(F)(F)F. The van der Waals surface area contributed by atoms with Gasteiger partial charge in [-0.3, -0.25) is 0 Å². The normalized spacial score (nSPS) is 15.6. The van der Waals surface area contributed by atoms with E-state index < -0.39 is 25.9 Å². The van der Waals surface area contributed by atoms with E-state index in [1.54, 1.807) is 6.07 Å². The van der Waals surface area contributed by atoms with Gasteiger partial charge in [-0.15, -0.1) is 0 Å². The van der Waals surface area contributed by atoms with Gasteiger partial charge in [-0.2, -0.15) is 13.2 Å². The van der Waals surface area contributed by atoms with Crippen LogP contribution in [0, 0.1) is 0 Å². The first-order valence-corrected chi connectivity index (χ1v) is 8.19. The van der Waals surface area contributed by atoms with Gasteiger partial charge in [0.2, 0.25) is 6.10 Å². The molecule has 1 rings (SSSR count). The van der Waals surface area contributed by atoms with Crippen LogP contribution in [0.25, 0.3) is 0 Å². The van der Waals surface area contributed by atoms with E-state index in [2.05, 4.69) is 0 Å². The van der Waals surface area contributed by atoms with Gasteiger partial charge < -0.3 is 5.11 Å². The molecule has 0 aromatic heterocycles. The summed E-state index contributed by atoms with van der Waals surface area (Å²) in [6, 6.07) is 7.29. The van der Waals surface area contributed by atoms with Crippen LogP contribution in [0.3, 0.4) is 0 Å². The van der Waals surface area contributed by atoms with Crippen LogP contribution in [0.5, 0.6) is 0 Å². The van der Waals surface area contributed by atoms with Crippen molar-refractivity contribution >= 4 is 13.3 Å². The predicted molar refractivity (Wildman–Crippen MR) is 60.6 cm³/mol. The molecule has 0 aliphatic heterocycles. The molecule has 1 nitrogen and oxygen atoms in total. The second-order valence-electron chi connectivity index (χ2n) is 4.56. The lowest BCUT2D eigenvalue weighted by Gasteiger charge is -2.36. The lowest BCUT2D eigenvalue weighted by atomic mass is 10.3. The molecule has 0 radical (unpaired) electrons. The summed E-state index contributed by atoms with van der Waals surface area (Å²) in [6.45, 7) is 2.22. The van der Waals surface area contributed by atoms with Crippen LogP contribution in [0.1, 0.15) is 0 Å². The molecule has 0 amide bonds. The average molecular weight is 284 g/mol. The van der Waals surface area contributed by atoms with Gasteiger partial charge in [0, 0.05) is 0 Å². The Hall–Kier alpha value is -0.953. The molecule has 1 N–H and O–H groups in total. The van der Waals surface area contributed by atoms with Crippen molar-refractivity contribution < 1.29 is 27.1 Å². The van der Waals surface area contributed by atoms with Gasteiger partial charge in [-0.05, 0) is 0 Å². The molecule has 0 aliphatic carbocycles. The zero-order valence-electron chi connectivity index (χ0n) is 9.80. The van der Waals surface area contributed by atoms with Crippen LogP contribution in [-0.4, -0.2) is 31.0 Å². The third-order valence-electron chi connectivity index (χ3n) is 2.98. The highest BCUT2D eigenvalue weighted by atomic mass is 28.3. The van der Waals surface area contributed by atoms with Crippen LogP contribution in [-0.2, 0) is 0 Å². The average Bonchev–Trinajstić information content (AvgIpc) is 2.27. The summed E-state index contributed by atoms with van der Waals surface area (Å²) >= 11 is 0. The molecule has 0 saturated carbocycles. The summed E-state index contributed by atoms with van der Waals surface area (Å²) in [6.07, 6.45) is -8.96. The maximum absolute atomic E-state index is 13.9. The van der Waals surface area contributed by atoms with Crippen LogP contribution < -0.4 is 5.19 Å². The van der Waals surface area contributed by atoms with E-state index in [0.717, 1.165) is 13.1 Å². The van der Waals surface area contributed by atoms with Gasteiger partial charge in [-0.25, -0.2) is 8.78 Å². The molecule has 0 aliphatic rings. The number of benzene rings is 1. The lowest BCUT2D eigenvalue weighted by Crippen LogP contribution is -2.65. The zero-order valence-corrected chi connectivity index (χ0v) is 10.8. The Morgan fingerprint density at radius 1 is 1.00 bits per heavy atom. The summed E-state index contributed by atoms with van der Waals surface area (Å²) < 4.78 is 64.6. The maximum atomic E-state index is 13.9. The van der Waals surface area contributed by atoms with Crippen LogP contribution in [0.4, 0.5) is 22.0 Å². The van der Waals surface area contributed by atoms with Gasteiger partial charge in [0.25, 0.3) is 5.55 Å². The first kappa shape index (κ1) is 15.1. The number of alkyl halides is 5. The second kappa shape index (κ2) is 4.62. The van der Waals surface area contributed by atoms with E-state index in [0.29, 0.717) is 0 Å². The fourth-order valence-corrected chi connectivity index (χ4v) is 3.85. The van der Waals surface area contributed by atoms with E-state index in [1.807, 2.05) is 0 Å². The quantitative estimate of drug-likeness (QED) is 0.668.